The van der Waals surface area contributed by atoms with E-state index >= 15 is 0 Å². The molecule has 4 aliphatic carbocycles. The SMILES string of the molecule is C[C@H]1O[C@@H](O[C@H]2CC[C@]3(C=O)[C@@H]4CC[C@@]5(C)[C@H](C6=COC(=O)C6)CC[C@]5(O)[C@H]4CC[C@@]3(O)C2)[C@H](O)[C@H](O)[C@@H]1O[C@H]1O[C@@H](CO)[C@H](O)[C@@H](O)[C@@H]1O. The van der Waals surface area contributed by atoms with Gasteiger partial charge in [-0.25, -0.2) is 0 Å². The Morgan fingerprint density at radius 3 is 2.24 bits per heavy atom. The molecule has 0 amide bonds. The maximum Gasteiger partial charge on any atom is 0.314 e. The van der Waals surface area contributed by atoms with Gasteiger partial charge in [-0.05, 0) is 81.6 Å². The fourth-order valence-electron chi connectivity index (χ4n) is 11.3. The minimum atomic E-state index is -1.71. The second kappa shape index (κ2) is 13.1. The Hall–Kier alpha value is -1.60. The second-order valence-electron chi connectivity index (χ2n) is 16.3. The molecule has 0 bridgehead atoms. The van der Waals surface area contributed by atoms with Crippen LogP contribution >= 0.6 is 0 Å². The summed E-state index contributed by atoms with van der Waals surface area (Å²) in [5.41, 5.74) is -3.20. The van der Waals surface area contributed by atoms with Crippen molar-refractivity contribution in [2.45, 2.75) is 157 Å². The molecule has 282 valence electrons. The number of carbonyl (C=O) groups is 2. The number of fused-ring (bicyclic) bond motifs is 5. The Balaban J connectivity index is 1.02. The largest absolute Gasteiger partial charge is 0.434 e. The Bertz CT molecular complexity index is 1340. The molecule has 2 saturated heterocycles. The van der Waals surface area contributed by atoms with Gasteiger partial charge >= 0.3 is 5.97 Å². The number of ether oxygens (including phenoxy) is 5. The lowest BCUT2D eigenvalue weighted by molar-refractivity contribution is -0.361. The summed E-state index contributed by atoms with van der Waals surface area (Å²) in [4.78, 5) is 25.1. The van der Waals surface area contributed by atoms with Gasteiger partial charge in [-0.2, -0.15) is 0 Å². The highest BCUT2D eigenvalue weighted by Gasteiger charge is 2.71. The summed E-state index contributed by atoms with van der Waals surface area (Å²) < 4.78 is 28.4. The minimum Gasteiger partial charge on any atom is -0.434 e. The summed E-state index contributed by atoms with van der Waals surface area (Å²) in [5, 5.41) is 87.0. The lowest BCUT2D eigenvalue weighted by Crippen LogP contribution is -2.69. The molecule has 4 saturated carbocycles. The number of carbonyl (C=O) groups excluding carboxylic acids is 2. The maximum absolute atomic E-state index is 13.2. The first kappa shape index (κ1) is 36.7. The van der Waals surface area contributed by atoms with Crippen molar-refractivity contribution >= 4 is 12.3 Å². The van der Waals surface area contributed by atoms with Gasteiger partial charge in [-0.3, -0.25) is 4.79 Å². The third-order valence-electron chi connectivity index (χ3n) is 14.1. The molecule has 0 unspecified atom stereocenters. The first-order chi connectivity index (χ1) is 23.6. The van der Waals surface area contributed by atoms with E-state index in [0.717, 1.165) is 18.3 Å². The zero-order chi connectivity index (χ0) is 36.0. The predicted octanol–water partition coefficient (Wildman–Crippen LogP) is -1.08. The highest BCUT2D eigenvalue weighted by atomic mass is 16.7. The molecule has 3 aliphatic heterocycles. The molecule has 6 fully saturated rings. The van der Waals surface area contributed by atoms with Gasteiger partial charge in [0.05, 0.1) is 48.1 Å². The zero-order valence-electron chi connectivity index (χ0n) is 28.5. The summed E-state index contributed by atoms with van der Waals surface area (Å²) in [6, 6.07) is 0. The van der Waals surface area contributed by atoms with Crippen LogP contribution in [-0.2, 0) is 33.3 Å². The molecule has 18 atom stereocenters. The number of esters is 1. The first-order valence-electron chi connectivity index (χ1n) is 18.1. The Kier molecular flexibility index (Phi) is 9.60. The molecule has 15 nitrogen and oxygen atoms in total. The van der Waals surface area contributed by atoms with Crippen LogP contribution in [0.25, 0.3) is 0 Å². The standard InChI is InChI=1S/C35H52O15/c1-16-29(50-31-27(42)25(40)24(39)22(13-36)49-31)26(41)28(43)30(47-16)48-18-3-8-33(15-37)20-4-7-32(2)19(17-11-23(38)46-14-17)6-10-35(32,45)21(20)5-9-34(33,44)12-18/h14-16,18-22,24-31,36,39-45H,3-13H2,1-2H3/t16-,18+,19+,20-,21+,22+,24+,25-,26+,27+,28-,29-,30+,31-,32+,33+,34-,35+/m1/s1. The van der Waals surface area contributed by atoms with E-state index in [0.29, 0.717) is 38.5 Å². The molecule has 0 spiro atoms. The molecule has 0 aromatic heterocycles. The van der Waals surface area contributed by atoms with E-state index in [4.69, 9.17) is 23.7 Å². The number of aliphatic hydroxyl groups is 8. The third kappa shape index (κ3) is 5.37. The highest BCUT2D eigenvalue weighted by molar-refractivity contribution is 5.76. The molecule has 8 N–H and O–H groups in total. The molecule has 7 aliphatic rings. The van der Waals surface area contributed by atoms with Gasteiger partial charge in [0.15, 0.2) is 12.6 Å². The van der Waals surface area contributed by atoms with Gasteiger partial charge in [-0.15, -0.1) is 0 Å². The van der Waals surface area contributed by atoms with Gasteiger partial charge in [0.25, 0.3) is 0 Å². The van der Waals surface area contributed by atoms with Crippen LogP contribution in [0.3, 0.4) is 0 Å². The average Bonchev–Trinajstić information content (AvgIpc) is 3.64. The summed E-state index contributed by atoms with van der Waals surface area (Å²) >= 11 is 0. The number of aliphatic hydroxyl groups excluding tert-OH is 6. The van der Waals surface area contributed by atoms with E-state index in [9.17, 15) is 50.4 Å². The molecule has 3 heterocycles. The fraction of sp³-hybridized carbons (Fsp3) is 0.886. The van der Waals surface area contributed by atoms with Crippen molar-refractivity contribution in [1.82, 2.24) is 0 Å². The Morgan fingerprint density at radius 1 is 0.860 bits per heavy atom. The van der Waals surface area contributed by atoms with E-state index < -0.39 is 96.2 Å². The number of hydrogen-bond donors (Lipinski definition) is 8. The molecular weight excluding hydrogens is 660 g/mol. The van der Waals surface area contributed by atoms with Gasteiger partial charge in [0, 0.05) is 11.8 Å². The van der Waals surface area contributed by atoms with Crippen LogP contribution in [0.5, 0.6) is 0 Å². The lowest BCUT2D eigenvalue weighted by atomic mass is 9.41. The van der Waals surface area contributed by atoms with Gasteiger partial charge in [-0.1, -0.05) is 6.92 Å². The molecule has 50 heavy (non-hydrogen) atoms. The topological polar surface area (TPSA) is 242 Å². The quantitative estimate of drug-likeness (QED) is 0.0890. The van der Waals surface area contributed by atoms with Gasteiger partial charge in [0.1, 0.15) is 49.0 Å². The second-order valence-corrected chi connectivity index (χ2v) is 16.3. The average molecular weight is 713 g/mol. The Morgan fingerprint density at radius 2 is 1.56 bits per heavy atom. The van der Waals surface area contributed by atoms with Gasteiger partial charge in [0.2, 0.25) is 0 Å². The van der Waals surface area contributed by atoms with Crippen LogP contribution < -0.4 is 0 Å². The van der Waals surface area contributed by atoms with Crippen LogP contribution in [0.15, 0.2) is 11.8 Å². The fourth-order valence-corrected chi connectivity index (χ4v) is 11.3. The van der Waals surface area contributed by atoms with E-state index in [2.05, 4.69) is 6.92 Å². The van der Waals surface area contributed by atoms with Crippen molar-refractivity contribution in [2.75, 3.05) is 6.61 Å². The summed E-state index contributed by atoms with van der Waals surface area (Å²) in [5.74, 6) is -0.761. The van der Waals surface area contributed by atoms with Crippen LogP contribution in [-0.4, -0.2) is 138 Å². The number of cyclic esters (lactones) is 1. The molecular formula is C35H52O15. The van der Waals surface area contributed by atoms with Crippen LogP contribution in [0.1, 0.15) is 78.1 Å². The third-order valence-corrected chi connectivity index (χ3v) is 14.1. The van der Waals surface area contributed by atoms with Crippen LogP contribution in [0.4, 0.5) is 0 Å². The molecule has 7 rings (SSSR count). The van der Waals surface area contributed by atoms with Crippen molar-refractivity contribution in [1.29, 1.82) is 0 Å². The van der Waals surface area contributed by atoms with E-state index in [-0.39, 0.29) is 43.0 Å². The maximum atomic E-state index is 13.2. The predicted molar refractivity (Wildman–Crippen MR) is 167 cm³/mol. The zero-order valence-corrected chi connectivity index (χ0v) is 28.5. The normalized spacial score (nSPS) is 55.0. The highest BCUT2D eigenvalue weighted by Crippen LogP contribution is 2.70. The number of aldehydes is 1. The molecule has 15 heteroatoms. The monoisotopic (exact) mass is 712 g/mol. The number of rotatable bonds is 7. The lowest BCUT2D eigenvalue weighted by Gasteiger charge is -2.65. The van der Waals surface area contributed by atoms with Crippen molar-refractivity contribution in [3.63, 3.8) is 0 Å². The number of hydrogen-bond acceptors (Lipinski definition) is 15. The van der Waals surface area contributed by atoms with Crippen molar-refractivity contribution in [3.05, 3.63) is 11.8 Å². The van der Waals surface area contributed by atoms with E-state index in [1.165, 1.54) is 0 Å². The van der Waals surface area contributed by atoms with Crippen molar-refractivity contribution < 1.29 is 74.1 Å². The smallest absolute Gasteiger partial charge is 0.314 e. The first-order valence-corrected chi connectivity index (χ1v) is 18.1. The summed E-state index contributed by atoms with van der Waals surface area (Å²) in [6.45, 7) is 2.98. The van der Waals surface area contributed by atoms with Crippen molar-refractivity contribution in [2.24, 2.45) is 28.6 Å². The van der Waals surface area contributed by atoms with Crippen molar-refractivity contribution in [3.8, 4) is 0 Å². The summed E-state index contributed by atoms with van der Waals surface area (Å²) in [7, 11) is 0. The van der Waals surface area contributed by atoms with Gasteiger partial charge < -0.3 is 69.3 Å². The van der Waals surface area contributed by atoms with E-state index in [1.54, 1.807) is 13.2 Å². The summed E-state index contributed by atoms with van der Waals surface area (Å²) in [6.07, 6.45) is -8.42. The van der Waals surface area contributed by atoms with Crippen LogP contribution in [0, 0.1) is 28.6 Å². The molecule has 0 radical (unpaired) electrons. The molecule has 0 aromatic carbocycles. The molecule has 0 aromatic rings. The van der Waals surface area contributed by atoms with Crippen LogP contribution in [0.2, 0.25) is 0 Å². The Labute approximate surface area is 290 Å². The minimum absolute atomic E-state index is 0.00102. The van der Waals surface area contributed by atoms with E-state index in [1.807, 2.05) is 0 Å².